The quantitative estimate of drug-likeness (QED) is 0.662. The van der Waals surface area contributed by atoms with E-state index >= 15 is 0 Å². The van der Waals surface area contributed by atoms with Gasteiger partial charge in [0.1, 0.15) is 0 Å². The first-order chi connectivity index (χ1) is 11.6. The summed E-state index contributed by atoms with van der Waals surface area (Å²) in [6.45, 7) is 6.79. The van der Waals surface area contributed by atoms with E-state index in [1.807, 2.05) is 57.2 Å². The second-order valence-corrected chi connectivity index (χ2v) is 5.59. The zero-order valence-electron chi connectivity index (χ0n) is 14.1. The van der Waals surface area contributed by atoms with Crippen LogP contribution in [0.25, 0.3) is 11.3 Å². The molecule has 0 atom stereocenters. The van der Waals surface area contributed by atoms with Crippen LogP contribution in [0.1, 0.15) is 34.6 Å². The fourth-order valence-electron chi connectivity index (χ4n) is 2.81. The standard InChI is InChI=1S/C19H20N2O3/c1-4-21-13(2)10-16(14(21)3)19(22)23-12-18-20-11-17(24-18)15-8-6-5-7-9-15/h5-11H,4,12H2,1-3H3. The van der Waals surface area contributed by atoms with Crippen molar-refractivity contribution in [3.05, 3.63) is 65.4 Å². The Hall–Kier alpha value is -2.82. The van der Waals surface area contributed by atoms with Gasteiger partial charge >= 0.3 is 5.97 Å². The molecule has 24 heavy (non-hydrogen) atoms. The Morgan fingerprint density at radius 3 is 2.67 bits per heavy atom. The van der Waals surface area contributed by atoms with Crippen LogP contribution in [-0.4, -0.2) is 15.5 Å². The molecule has 2 heterocycles. The maximum Gasteiger partial charge on any atom is 0.340 e. The Bertz CT molecular complexity index is 847. The Morgan fingerprint density at radius 1 is 1.25 bits per heavy atom. The average molecular weight is 324 g/mol. The second kappa shape index (κ2) is 6.74. The largest absolute Gasteiger partial charge is 0.452 e. The topological polar surface area (TPSA) is 57.3 Å². The minimum atomic E-state index is -0.359. The highest BCUT2D eigenvalue weighted by molar-refractivity contribution is 5.91. The van der Waals surface area contributed by atoms with Gasteiger partial charge in [-0.2, -0.15) is 0 Å². The van der Waals surface area contributed by atoms with Crippen LogP contribution in [0.3, 0.4) is 0 Å². The Kier molecular flexibility index (Phi) is 4.51. The summed E-state index contributed by atoms with van der Waals surface area (Å²) in [5, 5.41) is 0. The molecule has 0 spiro atoms. The van der Waals surface area contributed by atoms with Crippen LogP contribution in [-0.2, 0) is 17.9 Å². The minimum absolute atomic E-state index is 0.0153. The SMILES string of the molecule is CCn1c(C)cc(C(=O)OCc2ncc(-c3ccccc3)o2)c1C. The number of oxazole rings is 1. The molecule has 0 N–H and O–H groups in total. The van der Waals surface area contributed by atoms with E-state index in [0.29, 0.717) is 17.2 Å². The van der Waals surface area contributed by atoms with Crippen LogP contribution in [0.15, 0.2) is 47.0 Å². The number of aromatic nitrogens is 2. The zero-order chi connectivity index (χ0) is 17.1. The van der Waals surface area contributed by atoms with Crippen molar-refractivity contribution >= 4 is 5.97 Å². The van der Waals surface area contributed by atoms with E-state index in [-0.39, 0.29) is 12.6 Å². The second-order valence-electron chi connectivity index (χ2n) is 5.59. The van der Waals surface area contributed by atoms with Gasteiger partial charge in [-0.1, -0.05) is 30.3 Å². The molecule has 0 aliphatic carbocycles. The number of esters is 1. The van der Waals surface area contributed by atoms with Gasteiger partial charge in [0.2, 0.25) is 5.89 Å². The van der Waals surface area contributed by atoms with Crippen molar-refractivity contribution in [2.45, 2.75) is 33.9 Å². The Labute approximate surface area is 140 Å². The van der Waals surface area contributed by atoms with E-state index in [0.717, 1.165) is 23.5 Å². The lowest BCUT2D eigenvalue weighted by atomic mass is 10.2. The molecular formula is C19H20N2O3. The molecule has 5 nitrogen and oxygen atoms in total. The van der Waals surface area contributed by atoms with Gasteiger partial charge in [0.15, 0.2) is 12.4 Å². The summed E-state index contributed by atoms with van der Waals surface area (Å²) in [6.07, 6.45) is 1.64. The number of hydrogen-bond acceptors (Lipinski definition) is 4. The molecule has 0 radical (unpaired) electrons. The number of nitrogens with zero attached hydrogens (tertiary/aromatic N) is 2. The van der Waals surface area contributed by atoms with Crippen LogP contribution < -0.4 is 0 Å². The summed E-state index contributed by atoms with van der Waals surface area (Å²) >= 11 is 0. The number of hydrogen-bond donors (Lipinski definition) is 0. The molecule has 1 aromatic carbocycles. The van der Waals surface area contributed by atoms with Crippen molar-refractivity contribution < 1.29 is 13.9 Å². The van der Waals surface area contributed by atoms with E-state index < -0.39 is 0 Å². The molecule has 0 unspecified atom stereocenters. The smallest absolute Gasteiger partial charge is 0.340 e. The summed E-state index contributed by atoms with van der Waals surface area (Å²) < 4.78 is 13.1. The summed E-state index contributed by atoms with van der Waals surface area (Å²) in [4.78, 5) is 16.5. The first-order valence-corrected chi connectivity index (χ1v) is 7.94. The minimum Gasteiger partial charge on any atom is -0.452 e. The Morgan fingerprint density at radius 2 is 2.00 bits per heavy atom. The number of benzene rings is 1. The fourth-order valence-corrected chi connectivity index (χ4v) is 2.81. The van der Waals surface area contributed by atoms with E-state index in [9.17, 15) is 4.79 Å². The molecular weight excluding hydrogens is 304 g/mol. The molecule has 0 amide bonds. The first-order valence-electron chi connectivity index (χ1n) is 7.94. The van der Waals surface area contributed by atoms with Crippen molar-refractivity contribution in [3.8, 4) is 11.3 Å². The monoisotopic (exact) mass is 324 g/mol. The van der Waals surface area contributed by atoms with Crippen LogP contribution in [0.4, 0.5) is 0 Å². The van der Waals surface area contributed by atoms with Crippen LogP contribution in [0.5, 0.6) is 0 Å². The summed E-state index contributed by atoms with van der Waals surface area (Å²) in [5.41, 5.74) is 3.49. The maximum atomic E-state index is 12.3. The summed E-state index contributed by atoms with van der Waals surface area (Å²) in [6, 6.07) is 11.5. The number of carbonyl (C=O) groups is 1. The molecule has 5 heteroatoms. The van der Waals surface area contributed by atoms with Crippen molar-refractivity contribution in [1.29, 1.82) is 0 Å². The lowest BCUT2D eigenvalue weighted by Gasteiger charge is -2.05. The van der Waals surface area contributed by atoms with Crippen molar-refractivity contribution in [1.82, 2.24) is 9.55 Å². The molecule has 3 rings (SSSR count). The third-order valence-corrected chi connectivity index (χ3v) is 4.05. The van der Waals surface area contributed by atoms with Crippen LogP contribution in [0, 0.1) is 13.8 Å². The van der Waals surface area contributed by atoms with Crippen LogP contribution in [0.2, 0.25) is 0 Å². The molecule has 0 saturated heterocycles. The highest BCUT2D eigenvalue weighted by Gasteiger charge is 2.17. The summed E-state index contributed by atoms with van der Waals surface area (Å²) in [5.74, 6) is 0.680. The molecule has 2 aromatic heterocycles. The molecule has 0 saturated carbocycles. The van der Waals surface area contributed by atoms with E-state index in [4.69, 9.17) is 9.15 Å². The highest BCUT2D eigenvalue weighted by atomic mass is 16.5. The number of ether oxygens (including phenoxy) is 1. The fraction of sp³-hybridized carbons (Fsp3) is 0.263. The zero-order valence-corrected chi connectivity index (χ0v) is 14.1. The first kappa shape index (κ1) is 16.1. The van der Waals surface area contributed by atoms with E-state index in [2.05, 4.69) is 9.55 Å². The van der Waals surface area contributed by atoms with Gasteiger partial charge in [0.05, 0.1) is 11.8 Å². The van der Waals surface area contributed by atoms with Gasteiger partial charge in [-0.05, 0) is 26.8 Å². The normalized spacial score (nSPS) is 10.8. The third-order valence-electron chi connectivity index (χ3n) is 4.05. The van der Waals surface area contributed by atoms with Crippen molar-refractivity contribution in [2.24, 2.45) is 0 Å². The predicted octanol–water partition coefficient (Wildman–Crippen LogP) is 4.14. The number of aryl methyl sites for hydroxylation is 1. The van der Waals surface area contributed by atoms with Gasteiger partial charge in [0, 0.05) is 23.5 Å². The van der Waals surface area contributed by atoms with Gasteiger partial charge in [-0.3, -0.25) is 0 Å². The predicted molar refractivity (Wildman–Crippen MR) is 90.6 cm³/mol. The van der Waals surface area contributed by atoms with Gasteiger partial charge in [-0.25, -0.2) is 9.78 Å². The van der Waals surface area contributed by atoms with Gasteiger partial charge in [0.25, 0.3) is 0 Å². The molecule has 0 aliphatic rings. The van der Waals surface area contributed by atoms with Gasteiger partial charge in [-0.15, -0.1) is 0 Å². The Balaban J connectivity index is 1.68. The average Bonchev–Trinajstić information content (AvgIpc) is 3.18. The van der Waals surface area contributed by atoms with Crippen molar-refractivity contribution in [3.63, 3.8) is 0 Å². The maximum absolute atomic E-state index is 12.3. The lowest BCUT2D eigenvalue weighted by Crippen LogP contribution is -2.07. The van der Waals surface area contributed by atoms with Crippen LogP contribution >= 0.6 is 0 Å². The highest BCUT2D eigenvalue weighted by Crippen LogP contribution is 2.21. The van der Waals surface area contributed by atoms with E-state index in [1.54, 1.807) is 6.20 Å². The molecule has 0 aliphatic heterocycles. The van der Waals surface area contributed by atoms with E-state index in [1.165, 1.54) is 0 Å². The third kappa shape index (κ3) is 3.11. The number of carbonyl (C=O) groups excluding carboxylic acids is 1. The van der Waals surface area contributed by atoms with Crippen molar-refractivity contribution in [2.75, 3.05) is 0 Å². The molecule has 0 bridgehead atoms. The summed E-state index contributed by atoms with van der Waals surface area (Å²) in [7, 11) is 0. The number of rotatable bonds is 5. The lowest BCUT2D eigenvalue weighted by molar-refractivity contribution is 0.0438. The van der Waals surface area contributed by atoms with Gasteiger partial charge < -0.3 is 13.7 Å². The molecule has 124 valence electrons. The molecule has 3 aromatic rings. The molecule has 0 fully saturated rings.